The van der Waals surface area contributed by atoms with Crippen molar-refractivity contribution in [3.05, 3.63) is 64.5 Å². The monoisotopic (exact) mass is 441 g/mol. The van der Waals surface area contributed by atoms with Gasteiger partial charge in [-0.2, -0.15) is 0 Å². The van der Waals surface area contributed by atoms with Gasteiger partial charge in [-0.3, -0.25) is 5.32 Å². The van der Waals surface area contributed by atoms with Crippen LogP contribution >= 0.6 is 11.3 Å². The lowest BCUT2D eigenvalue weighted by Crippen LogP contribution is -2.34. The van der Waals surface area contributed by atoms with Crippen LogP contribution in [0.15, 0.2) is 58.8 Å². The van der Waals surface area contributed by atoms with Gasteiger partial charge >= 0.3 is 6.03 Å². The first kappa shape index (κ1) is 21.5. The fourth-order valence-electron chi connectivity index (χ4n) is 2.76. The van der Waals surface area contributed by atoms with E-state index in [1.165, 1.54) is 11.3 Å². The molecular weight excluding hydrogens is 422 g/mol. The average Bonchev–Trinajstić information content (AvgIpc) is 3.19. The number of nitrogens with one attached hydrogen (secondary N) is 2. The molecule has 0 spiro atoms. The lowest BCUT2D eigenvalue weighted by molar-refractivity contribution is 0.225. The van der Waals surface area contributed by atoms with E-state index in [9.17, 15) is 18.3 Å². The van der Waals surface area contributed by atoms with Crippen molar-refractivity contribution >= 4 is 33.0 Å². The van der Waals surface area contributed by atoms with Crippen LogP contribution in [0.5, 0.6) is 0 Å². The number of rotatable bonds is 6. The Morgan fingerprint density at radius 2 is 1.97 bits per heavy atom. The number of terminal acetylenes is 1. The third-order valence-electron chi connectivity index (χ3n) is 4.27. The van der Waals surface area contributed by atoms with E-state index in [4.69, 9.17) is 6.42 Å². The van der Waals surface area contributed by atoms with E-state index in [0.29, 0.717) is 16.4 Å². The Morgan fingerprint density at radius 1 is 1.23 bits per heavy atom. The summed E-state index contributed by atoms with van der Waals surface area (Å²) in [5, 5.41) is 17.0. The molecule has 0 fully saturated rings. The van der Waals surface area contributed by atoms with Crippen LogP contribution < -0.4 is 10.6 Å². The maximum atomic E-state index is 12.2. The van der Waals surface area contributed by atoms with Gasteiger partial charge in [0.15, 0.2) is 14.8 Å². The molecule has 3 N–H and O–H groups in total. The SMILES string of the molecule is C#Cc1nc(NC(=O)N[C@@H](CO)c2ccc(-c3cccc(S(C)(=O)=O)c3)cc2)cs1. The summed E-state index contributed by atoms with van der Waals surface area (Å²) < 4.78 is 23.5. The van der Waals surface area contributed by atoms with E-state index in [1.54, 1.807) is 47.8 Å². The van der Waals surface area contributed by atoms with E-state index >= 15 is 0 Å². The van der Waals surface area contributed by atoms with Gasteiger partial charge < -0.3 is 10.4 Å². The quantitative estimate of drug-likeness (QED) is 0.510. The Kier molecular flexibility index (Phi) is 6.52. The minimum absolute atomic E-state index is 0.241. The summed E-state index contributed by atoms with van der Waals surface area (Å²) in [5.41, 5.74) is 2.26. The van der Waals surface area contributed by atoms with E-state index < -0.39 is 21.9 Å². The van der Waals surface area contributed by atoms with E-state index in [2.05, 4.69) is 21.5 Å². The summed E-state index contributed by atoms with van der Waals surface area (Å²) >= 11 is 1.24. The van der Waals surface area contributed by atoms with Gasteiger partial charge in [0, 0.05) is 11.6 Å². The lowest BCUT2D eigenvalue weighted by atomic mass is 10.0. The van der Waals surface area contributed by atoms with Crippen molar-refractivity contribution in [2.24, 2.45) is 0 Å². The predicted octanol–water partition coefficient (Wildman–Crippen LogP) is 3.05. The summed E-state index contributed by atoms with van der Waals surface area (Å²) in [5.74, 6) is 2.73. The first-order valence-electron chi connectivity index (χ1n) is 8.81. The second-order valence-corrected chi connectivity index (χ2v) is 9.31. The van der Waals surface area contributed by atoms with Crippen LogP contribution in [0, 0.1) is 12.3 Å². The van der Waals surface area contributed by atoms with E-state index in [1.807, 2.05) is 6.07 Å². The fraction of sp³-hybridized carbons (Fsp3) is 0.143. The van der Waals surface area contributed by atoms with Crippen molar-refractivity contribution < 1.29 is 18.3 Å². The van der Waals surface area contributed by atoms with Gasteiger partial charge in [-0.1, -0.05) is 36.4 Å². The molecule has 1 aromatic heterocycles. The number of benzene rings is 2. The van der Waals surface area contributed by atoms with Crippen LogP contribution in [0.3, 0.4) is 0 Å². The molecule has 0 saturated heterocycles. The summed E-state index contributed by atoms with van der Waals surface area (Å²) in [4.78, 5) is 16.5. The average molecular weight is 442 g/mol. The number of aliphatic hydroxyl groups excluding tert-OH is 1. The highest BCUT2D eigenvalue weighted by atomic mass is 32.2. The normalized spacial score (nSPS) is 12.0. The lowest BCUT2D eigenvalue weighted by Gasteiger charge is -2.17. The van der Waals surface area contributed by atoms with Crippen molar-refractivity contribution in [3.63, 3.8) is 0 Å². The highest BCUT2D eigenvalue weighted by molar-refractivity contribution is 7.90. The summed E-state index contributed by atoms with van der Waals surface area (Å²) in [6.45, 7) is -0.303. The van der Waals surface area contributed by atoms with Crippen LogP contribution in [0.1, 0.15) is 16.6 Å². The minimum atomic E-state index is -3.30. The molecule has 30 heavy (non-hydrogen) atoms. The third-order valence-corrected chi connectivity index (χ3v) is 6.15. The number of anilines is 1. The summed E-state index contributed by atoms with van der Waals surface area (Å²) in [7, 11) is -3.30. The van der Waals surface area contributed by atoms with Gasteiger partial charge in [-0.25, -0.2) is 18.2 Å². The van der Waals surface area contributed by atoms with Crippen molar-refractivity contribution in [1.82, 2.24) is 10.3 Å². The van der Waals surface area contributed by atoms with Gasteiger partial charge in [0.2, 0.25) is 0 Å². The van der Waals surface area contributed by atoms with Crippen molar-refractivity contribution in [2.45, 2.75) is 10.9 Å². The molecule has 7 nitrogen and oxygen atoms in total. The topological polar surface area (TPSA) is 108 Å². The molecule has 0 aliphatic heterocycles. The number of amides is 2. The van der Waals surface area contributed by atoms with Crippen LogP contribution in [0.25, 0.3) is 11.1 Å². The van der Waals surface area contributed by atoms with Crippen LogP contribution in [-0.2, 0) is 9.84 Å². The molecule has 1 heterocycles. The molecule has 2 aromatic carbocycles. The number of thiazole rings is 1. The number of aliphatic hydroxyl groups is 1. The van der Waals surface area contributed by atoms with Gasteiger partial charge in [0.1, 0.15) is 5.82 Å². The largest absolute Gasteiger partial charge is 0.394 e. The summed E-state index contributed by atoms with van der Waals surface area (Å²) in [6, 6.07) is 12.6. The fourth-order valence-corrected chi connectivity index (χ4v) is 3.98. The third kappa shape index (κ3) is 5.24. The number of hydrogen-bond donors (Lipinski definition) is 3. The molecule has 0 saturated carbocycles. The molecule has 2 amide bonds. The Morgan fingerprint density at radius 3 is 2.57 bits per heavy atom. The summed E-state index contributed by atoms with van der Waals surface area (Å²) in [6.07, 6.45) is 6.43. The number of carbonyl (C=O) groups excluding carboxylic acids is 1. The van der Waals surface area contributed by atoms with Crippen LogP contribution in [0.4, 0.5) is 10.6 Å². The highest BCUT2D eigenvalue weighted by Crippen LogP contribution is 2.24. The second-order valence-electron chi connectivity index (χ2n) is 6.44. The molecule has 3 rings (SSSR count). The zero-order valence-electron chi connectivity index (χ0n) is 16.0. The van der Waals surface area contributed by atoms with E-state index in [-0.39, 0.29) is 11.5 Å². The Bertz CT molecular complexity index is 1200. The minimum Gasteiger partial charge on any atom is -0.394 e. The van der Waals surface area contributed by atoms with Gasteiger partial charge in [0.05, 0.1) is 17.5 Å². The number of nitrogens with zero attached hydrogens (tertiary/aromatic N) is 1. The Labute approximate surface area is 178 Å². The molecule has 0 unspecified atom stereocenters. The van der Waals surface area contributed by atoms with Crippen molar-refractivity contribution in [3.8, 4) is 23.5 Å². The van der Waals surface area contributed by atoms with Crippen LogP contribution in [0.2, 0.25) is 0 Å². The molecule has 0 aliphatic rings. The standard InChI is InChI=1S/C21H19N3O4S2/c1-3-20-23-19(13-29-20)24-21(26)22-18(12-25)15-9-7-14(8-10-15)16-5-4-6-17(11-16)30(2,27)28/h1,4-11,13,18,25H,12H2,2H3,(H2,22,24,26)/t18-/m0/s1. The number of sulfone groups is 1. The molecule has 154 valence electrons. The second kappa shape index (κ2) is 9.09. The molecule has 0 bridgehead atoms. The van der Waals surface area contributed by atoms with E-state index in [0.717, 1.165) is 17.4 Å². The first-order valence-corrected chi connectivity index (χ1v) is 11.6. The maximum absolute atomic E-state index is 12.2. The zero-order valence-corrected chi connectivity index (χ0v) is 17.6. The molecule has 0 radical (unpaired) electrons. The first-order chi connectivity index (χ1) is 14.3. The molecule has 0 aliphatic carbocycles. The number of hydrogen-bond acceptors (Lipinski definition) is 6. The highest BCUT2D eigenvalue weighted by Gasteiger charge is 2.15. The van der Waals surface area contributed by atoms with Gasteiger partial charge in [-0.05, 0) is 34.7 Å². The van der Waals surface area contributed by atoms with Gasteiger partial charge in [-0.15, -0.1) is 17.8 Å². The van der Waals surface area contributed by atoms with Crippen LogP contribution in [-0.4, -0.2) is 37.4 Å². The van der Waals surface area contributed by atoms with Crippen molar-refractivity contribution in [1.29, 1.82) is 0 Å². The Hall–Kier alpha value is -3.19. The number of urea groups is 1. The van der Waals surface area contributed by atoms with Crippen molar-refractivity contribution in [2.75, 3.05) is 18.2 Å². The van der Waals surface area contributed by atoms with Gasteiger partial charge in [0.25, 0.3) is 0 Å². The zero-order chi connectivity index (χ0) is 21.7. The molecule has 9 heteroatoms. The number of aromatic nitrogens is 1. The Balaban J connectivity index is 1.72. The molecule has 3 aromatic rings. The molecular formula is C21H19N3O4S2. The predicted molar refractivity (Wildman–Crippen MR) is 117 cm³/mol. The molecule has 1 atom stereocenters. The number of carbonyl (C=O) groups is 1. The smallest absolute Gasteiger partial charge is 0.320 e. The maximum Gasteiger partial charge on any atom is 0.320 e.